The van der Waals surface area contributed by atoms with Crippen molar-refractivity contribution in [2.24, 2.45) is 39.3 Å². The summed E-state index contributed by atoms with van der Waals surface area (Å²) in [6.45, 7) is 10.3. The number of nitrogens with two attached hydrogens (primary N) is 4. The molecule has 2 aromatic carbocycles. The Labute approximate surface area is 477 Å². The highest BCUT2D eigenvalue weighted by Gasteiger charge is 2.31. The van der Waals surface area contributed by atoms with Gasteiger partial charge < -0.3 is 94.0 Å². The highest BCUT2D eigenvalue weighted by atomic mass is 16.3. The van der Waals surface area contributed by atoms with Crippen molar-refractivity contribution in [3.8, 4) is 28.6 Å². The van der Waals surface area contributed by atoms with Gasteiger partial charge in [-0.15, -0.1) is 10.2 Å². The Kier molecular flexibility index (Phi) is 32.0. The standard InChI is InChI=1S/C29H38N6O4.C22H43N9O10.C2H6/c1-18(2)23-16-24(26(38)17-25(23)37)27-32-33-28(29(39)31-12-11-30-4)35(27)22-7-5-20(6-8-22)15-21-9-13-34(14-10-21)19(3)36;23-12(7-27-16(8-28-40)20(37)18(35)1-3-32)6-15(25)22(39)30-14(11-34)5-13(24)10-31(26)17(9-29-41)21(38)19(36)2-4-33;1-2/h5-8,16-18,21,30,37-38H,9-15H2,1-4H3,(H,31,39);7,10-11,14-21,27,32-33,35-38H,1-6,8-9,23-26H2,(H,30,39);1-2H3/b;12-7-,13-10-;. The summed E-state index contributed by atoms with van der Waals surface area (Å²) in [6.07, 6.45) is -1.10. The summed E-state index contributed by atoms with van der Waals surface area (Å²) in [7, 11) is 1.81. The number of hydrogen-bond acceptors (Lipinski definition) is 25. The number of piperidine rings is 1. The number of carbonyl (C=O) groups is 4. The molecule has 1 aliphatic heterocycles. The van der Waals surface area contributed by atoms with Crippen molar-refractivity contribution in [3.63, 3.8) is 0 Å². The first-order chi connectivity index (χ1) is 39.0. The first-order valence-corrected chi connectivity index (χ1v) is 27.1. The van der Waals surface area contributed by atoms with Crippen LogP contribution < -0.4 is 44.3 Å². The first-order valence-electron chi connectivity index (χ1n) is 27.1. The smallest absolute Gasteiger partial charge is 0.289 e. The molecule has 3 aromatic rings. The summed E-state index contributed by atoms with van der Waals surface area (Å²) in [5.41, 5.74) is 20.5. The fourth-order valence-electron chi connectivity index (χ4n) is 8.59. The number of benzene rings is 2. The summed E-state index contributed by atoms with van der Waals surface area (Å²) in [5.74, 6) is 5.57. The monoisotopic (exact) mass is 1160 g/mol. The van der Waals surface area contributed by atoms with E-state index in [4.69, 9.17) is 33.3 Å². The van der Waals surface area contributed by atoms with E-state index in [0.717, 1.165) is 43.6 Å². The molecule has 458 valence electrons. The maximum atomic E-state index is 13.1. The zero-order valence-corrected chi connectivity index (χ0v) is 47.5. The van der Waals surface area contributed by atoms with Gasteiger partial charge in [-0.2, -0.15) is 9.81 Å². The van der Waals surface area contributed by atoms with Crippen LogP contribution in [0.1, 0.15) is 101 Å². The quantitative estimate of drug-likeness (QED) is 0.0116. The number of aromatic hydroxyl groups is 2. The highest BCUT2D eigenvalue weighted by molar-refractivity contribution is 5.92. The maximum absolute atomic E-state index is 13.1. The van der Waals surface area contributed by atoms with E-state index in [1.54, 1.807) is 24.6 Å². The number of carbonyl (C=O) groups excluding carboxylic acids is 4. The average Bonchev–Trinajstić information content (AvgIpc) is 3.86. The molecule has 82 heavy (non-hydrogen) atoms. The van der Waals surface area contributed by atoms with Crippen molar-refractivity contribution >= 4 is 24.0 Å². The van der Waals surface area contributed by atoms with Crippen LogP contribution in [0.4, 0.5) is 0 Å². The Hall–Kier alpha value is -7.22. The predicted octanol–water partition coefficient (Wildman–Crippen LogP) is -1.13. The Morgan fingerprint density at radius 3 is 2.02 bits per heavy atom. The van der Waals surface area contributed by atoms with Crippen molar-refractivity contribution < 1.29 is 60.0 Å². The molecule has 0 spiro atoms. The number of nitrogens with zero attached hydrogens (tertiary/aromatic N) is 7. The molecular formula is C53H87N15O14. The van der Waals surface area contributed by atoms with Crippen LogP contribution in [0.5, 0.6) is 11.5 Å². The number of likely N-dealkylation sites (tertiary alicyclic amines) is 1. The largest absolute Gasteiger partial charge is 0.508 e. The molecule has 1 aromatic heterocycles. The molecule has 1 fully saturated rings. The Bertz CT molecular complexity index is 2510. The van der Waals surface area contributed by atoms with Crippen LogP contribution in [0, 0.1) is 15.7 Å². The summed E-state index contributed by atoms with van der Waals surface area (Å²) in [5, 5.41) is 104. The topological polar surface area (TPSA) is 478 Å². The van der Waals surface area contributed by atoms with E-state index < -0.39 is 80.8 Å². The van der Waals surface area contributed by atoms with Gasteiger partial charge in [0.15, 0.2) is 5.82 Å². The van der Waals surface area contributed by atoms with Crippen LogP contribution in [0.25, 0.3) is 17.1 Å². The number of likely N-dealkylation sites (N-methyl/N-ethyl adjacent to an activating group) is 1. The van der Waals surface area contributed by atoms with Crippen LogP contribution >= 0.6 is 0 Å². The molecule has 29 nitrogen and oxygen atoms in total. The van der Waals surface area contributed by atoms with Gasteiger partial charge in [-0.25, -0.2) is 5.84 Å². The minimum atomic E-state index is -1.57. The fourth-order valence-corrected chi connectivity index (χ4v) is 8.59. The Morgan fingerprint density at radius 1 is 0.866 bits per heavy atom. The number of aromatic nitrogens is 3. The Balaban J connectivity index is 0.000000544. The van der Waals surface area contributed by atoms with Gasteiger partial charge in [0.25, 0.3) is 5.91 Å². The van der Waals surface area contributed by atoms with E-state index in [1.807, 2.05) is 56.9 Å². The second-order valence-electron chi connectivity index (χ2n) is 19.7. The number of nitroso groups, excluding NO2 is 2. The number of aliphatic hydroxyl groups excluding tert-OH is 6. The summed E-state index contributed by atoms with van der Waals surface area (Å²) in [6, 6.07) is 6.26. The minimum absolute atomic E-state index is 0.000775. The number of aldehydes is 1. The van der Waals surface area contributed by atoms with Crippen molar-refractivity contribution in [2.75, 3.05) is 59.5 Å². The lowest BCUT2D eigenvalue weighted by Gasteiger charge is -2.31. The van der Waals surface area contributed by atoms with Gasteiger partial charge in [0.1, 0.15) is 43.1 Å². The molecule has 4 rings (SSSR count). The maximum Gasteiger partial charge on any atom is 0.289 e. The molecule has 3 amide bonds. The predicted molar refractivity (Wildman–Crippen MR) is 306 cm³/mol. The SMILES string of the molecule is CC.CNCCNC(=O)c1nnc(-c2cc(C(C)C)c(O)cc2O)n1-c1ccc(CC2CCN(C(C)=O)CC2)cc1.N/C(=C\N(N)C(CN=O)C(O)C(O)CCO)CC(C=O)NC(=O)C(N)C/C(N)=C/NC(CN=O)C(O)C(O)CCO. The van der Waals surface area contributed by atoms with E-state index in [0.29, 0.717) is 47.9 Å². The van der Waals surface area contributed by atoms with E-state index in [1.165, 1.54) is 17.8 Å². The van der Waals surface area contributed by atoms with Gasteiger partial charge in [0.05, 0.1) is 41.9 Å². The second-order valence-corrected chi connectivity index (χ2v) is 19.7. The van der Waals surface area contributed by atoms with Crippen molar-refractivity contribution in [3.05, 3.63) is 87.0 Å². The van der Waals surface area contributed by atoms with Crippen molar-refractivity contribution in [1.82, 2.24) is 45.9 Å². The van der Waals surface area contributed by atoms with Gasteiger partial charge >= 0.3 is 0 Å². The van der Waals surface area contributed by atoms with Gasteiger partial charge in [0, 0.05) is 94.7 Å². The zero-order chi connectivity index (χ0) is 61.6. The zero-order valence-electron chi connectivity index (χ0n) is 47.5. The second kappa shape index (κ2) is 37.0. The molecule has 0 bridgehead atoms. The van der Waals surface area contributed by atoms with E-state index in [-0.39, 0.29) is 72.1 Å². The summed E-state index contributed by atoms with van der Waals surface area (Å²) >= 11 is 0. The molecule has 20 N–H and O–H groups in total. The van der Waals surface area contributed by atoms with Crippen LogP contribution in [0.15, 0.2) is 70.5 Å². The van der Waals surface area contributed by atoms with Gasteiger partial charge in [0.2, 0.25) is 17.6 Å². The molecule has 8 atom stereocenters. The number of hydrazine groups is 1. The molecule has 2 heterocycles. The average molecular weight is 1160 g/mol. The summed E-state index contributed by atoms with van der Waals surface area (Å²) in [4.78, 5) is 72.1. The van der Waals surface area contributed by atoms with E-state index in [2.05, 4.69) is 41.8 Å². The van der Waals surface area contributed by atoms with Crippen LogP contribution in [-0.4, -0.2) is 198 Å². The third-order valence-electron chi connectivity index (χ3n) is 13.2. The number of aliphatic hydroxyl groups is 6. The number of rotatable bonds is 32. The molecule has 0 saturated carbocycles. The molecule has 8 unspecified atom stereocenters. The summed E-state index contributed by atoms with van der Waals surface area (Å²) < 4.78 is 1.64. The fraction of sp³-hybridized carbons (Fsp3) is 0.585. The number of phenols is 2. The molecule has 1 saturated heterocycles. The van der Waals surface area contributed by atoms with Gasteiger partial charge in [-0.3, -0.25) is 19.0 Å². The lowest BCUT2D eigenvalue weighted by molar-refractivity contribution is -0.130. The molecule has 0 aliphatic carbocycles. The Morgan fingerprint density at radius 2 is 1.48 bits per heavy atom. The van der Waals surface area contributed by atoms with Crippen LogP contribution in [0.3, 0.4) is 0 Å². The van der Waals surface area contributed by atoms with E-state index >= 15 is 0 Å². The van der Waals surface area contributed by atoms with Crippen molar-refractivity contribution in [2.45, 2.75) is 134 Å². The van der Waals surface area contributed by atoms with Gasteiger partial charge in [-0.1, -0.05) is 50.2 Å². The van der Waals surface area contributed by atoms with Crippen LogP contribution in [0.2, 0.25) is 0 Å². The highest BCUT2D eigenvalue weighted by Crippen LogP contribution is 2.38. The number of phenolic OH excluding ortho intramolecular Hbond substituents is 2. The molecule has 29 heteroatoms. The minimum Gasteiger partial charge on any atom is -0.508 e. The number of nitrogens with one attached hydrogen (secondary N) is 4. The lowest BCUT2D eigenvalue weighted by atomic mass is 9.90. The third-order valence-corrected chi connectivity index (χ3v) is 13.2. The normalized spacial score (nSPS) is 15.9. The van der Waals surface area contributed by atoms with Crippen LogP contribution in [-0.2, 0) is 20.8 Å². The van der Waals surface area contributed by atoms with Gasteiger partial charge in [-0.05, 0) is 80.3 Å². The molecule has 0 radical (unpaired) electrons. The third kappa shape index (κ3) is 22.3. The molecular weight excluding hydrogens is 1070 g/mol. The van der Waals surface area contributed by atoms with Crippen molar-refractivity contribution in [1.29, 1.82) is 0 Å². The number of hydrogen-bond donors (Lipinski definition) is 16. The first kappa shape index (κ1) is 70.9. The lowest BCUT2D eigenvalue weighted by Crippen LogP contribution is -2.52. The van der Waals surface area contributed by atoms with E-state index in [9.17, 15) is 59.6 Å². The number of amides is 3. The molecule has 1 aliphatic rings.